The van der Waals surface area contributed by atoms with Crippen LogP contribution in [0, 0.1) is 5.92 Å². The maximum atomic E-state index is 5.82. The molecule has 1 aliphatic rings. The number of rotatable bonds is 7. The summed E-state index contributed by atoms with van der Waals surface area (Å²) < 4.78 is 7.00. The molecule has 2 nitrogen and oxygen atoms in total. The van der Waals surface area contributed by atoms with Crippen molar-refractivity contribution in [2.45, 2.75) is 52.5 Å². The maximum absolute atomic E-state index is 5.82. The smallest absolute Gasteiger partial charge is 0.125 e. The number of hydrogen-bond donors (Lipinski definition) is 1. The summed E-state index contributed by atoms with van der Waals surface area (Å²) in [6.07, 6.45) is 4.55. The number of nitrogens with one attached hydrogen (secondary N) is 1. The highest BCUT2D eigenvalue weighted by Gasteiger charge is 2.19. The first-order chi connectivity index (χ1) is 9.60. The van der Waals surface area contributed by atoms with Gasteiger partial charge in [0.2, 0.25) is 0 Å². The van der Waals surface area contributed by atoms with Crippen LogP contribution in [0.5, 0.6) is 5.75 Å². The standard InChI is InChI=1S/C17H26BrNO/c1-4-6-19-13(3)8-12(2)9-15-11-16(18)10-14-5-7-20-17(14)15/h10-13,19H,4-9H2,1-3H3. The van der Waals surface area contributed by atoms with E-state index in [0.29, 0.717) is 12.0 Å². The minimum absolute atomic E-state index is 0.589. The quantitative estimate of drug-likeness (QED) is 0.797. The molecule has 0 amide bonds. The fourth-order valence-corrected chi connectivity index (χ4v) is 3.59. The third-order valence-corrected chi connectivity index (χ3v) is 4.35. The molecule has 1 N–H and O–H groups in total. The molecule has 0 aromatic heterocycles. The Labute approximate surface area is 131 Å². The molecule has 2 unspecified atom stereocenters. The van der Waals surface area contributed by atoms with E-state index in [1.165, 1.54) is 28.4 Å². The van der Waals surface area contributed by atoms with Gasteiger partial charge in [0.05, 0.1) is 6.61 Å². The summed E-state index contributed by atoms with van der Waals surface area (Å²) in [6.45, 7) is 8.79. The zero-order chi connectivity index (χ0) is 14.5. The second-order valence-electron chi connectivity index (χ2n) is 6.05. The van der Waals surface area contributed by atoms with Crippen LogP contribution in [0.15, 0.2) is 16.6 Å². The summed E-state index contributed by atoms with van der Waals surface area (Å²) in [6, 6.07) is 5.01. The topological polar surface area (TPSA) is 21.3 Å². The summed E-state index contributed by atoms with van der Waals surface area (Å²) in [7, 11) is 0. The van der Waals surface area contributed by atoms with Gasteiger partial charge in [-0.3, -0.25) is 0 Å². The van der Waals surface area contributed by atoms with E-state index in [1.807, 2.05) is 0 Å². The van der Waals surface area contributed by atoms with Gasteiger partial charge in [0, 0.05) is 16.9 Å². The molecule has 0 saturated heterocycles. The molecule has 0 aliphatic carbocycles. The molecule has 3 heteroatoms. The lowest BCUT2D eigenvalue weighted by molar-refractivity contribution is 0.348. The lowest BCUT2D eigenvalue weighted by Gasteiger charge is -2.19. The number of hydrogen-bond acceptors (Lipinski definition) is 2. The highest BCUT2D eigenvalue weighted by atomic mass is 79.9. The third-order valence-electron chi connectivity index (χ3n) is 3.89. The molecule has 1 aromatic rings. The van der Waals surface area contributed by atoms with E-state index in [-0.39, 0.29) is 0 Å². The average molecular weight is 340 g/mol. The van der Waals surface area contributed by atoms with Gasteiger partial charge in [-0.05, 0) is 61.9 Å². The fraction of sp³-hybridized carbons (Fsp3) is 0.647. The van der Waals surface area contributed by atoms with Gasteiger partial charge >= 0.3 is 0 Å². The lowest BCUT2D eigenvalue weighted by atomic mass is 9.93. The zero-order valence-electron chi connectivity index (χ0n) is 12.8. The van der Waals surface area contributed by atoms with Crippen molar-refractivity contribution in [3.63, 3.8) is 0 Å². The van der Waals surface area contributed by atoms with E-state index in [0.717, 1.165) is 31.7 Å². The Morgan fingerprint density at radius 3 is 2.90 bits per heavy atom. The Morgan fingerprint density at radius 2 is 2.15 bits per heavy atom. The number of fused-ring (bicyclic) bond motifs is 1. The van der Waals surface area contributed by atoms with Crippen LogP contribution in [0.3, 0.4) is 0 Å². The van der Waals surface area contributed by atoms with Crippen molar-refractivity contribution in [1.82, 2.24) is 5.32 Å². The van der Waals surface area contributed by atoms with Gasteiger partial charge in [-0.25, -0.2) is 0 Å². The minimum atomic E-state index is 0.589. The molecule has 1 aromatic carbocycles. The van der Waals surface area contributed by atoms with Gasteiger partial charge in [-0.15, -0.1) is 0 Å². The lowest BCUT2D eigenvalue weighted by Crippen LogP contribution is -2.28. The number of halogens is 1. The Hall–Kier alpha value is -0.540. The van der Waals surface area contributed by atoms with Crippen LogP contribution in [0.25, 0.3) is 0 Å². The Morgan fingerprint density at radius 1 is 1.35 bits per heavy atom. The van der Waals surface area contributed by atoms with Crippen molar-refractivity contribution in [2.75, 3.05) is 13.2 Å². The van der Waals surface area contributed by atoms with Crippen molar-refractivity contribution >= 4 is 15.9 Å². The average Bonchev–Trinajstić information content (AvgIpc) is 2.84. The van der Waals surface area contributed by atoms with Crippen LogP contribution in [0.2, 0.25) is 0 Å². The monoisotopic (exact) mass is 339 g/mol. The minimum Gasteiger partial charge on any atom is -0.493 e. The SMILES string of the molecule is CCCNC(C)CC(C)Cc1cc(Br)cc2c1OCC2. The van der Waals surface area contributed by atoms with Crippen molar-refractivity contribution < 1.29 is 4.74 Å². The number of benzene rings is 1. The normalized spacial score (nSPS) is 16.6. The first-order valence-electron chi connectivity index (χ1n) is 7.77. The van der Waals surface area contributed by atoms with Gasteiger partial charge in [0.15, 0.2) is 0 Å². The fourth-order valence-electron chi connectivity index (χ4n) is 3.03. The Kier molecular flexibility index (Phi) is 5.91. The first-order valence-corrected chi connectivity index (χ1v) is 8.57. The molecule has 0 radical (unpaired) electrons. The molecule has 20 heavy (non-hydrogen) atoms. The Bertz CT molecular complexity index is 447. The molecular weight excluding hydrogens is 314 g/mol. The molecular formula is C17H26BrNO. The van der Waals surface area contributed by atoms with Crippen LogP contribution in [0.1, 0.15) is 44.7 Å². The third kappa shape index (κ3) is 4.23. The highest BCUT2D eigenvalue weighted by Crippen LogP contribution is 2.34. The summed E-state index contributed by atoms with van der Waals surface area (Å²) in [5.41, 5.74) is 2.72. The molecule has 1 aliphatic heterocycles. The summed E-state index contributed by atoms with van der Waals surface area (Å²) in [5, 5.41) is 3.57. The predicted molar refractivity (Wildman–Crippen MR) is 88.6 cm³/mol. The van der Waals surface area contributed by atoms with Gasteiger partial charge in [0.1, 0.15) is 5.75 Å². The maximum Gasteiger partial charge on any atom is 0.125 e. The van der Waals surface area contributed by atoms with Crippen LogP contribution in [-0.2, 0) is 12.8 Å². The van der Waals surface area contributed by atoms with Crippen molar-refractivity contribution in [3.05, 3.63) is 27.7 Å². The molecule has 0 bridgehead atoms. The molecule has 0 fully saturated rings. The summed E-state index contributed by atoms with van der Waals surface area (Å²) in [5.74, 6) is 1.81. The van der Waals surface area contributed by atoms with Crippen LogP contribution in [0.4, 0.5) is 0 Å². The molecule has 112 valence electrons. The first kappa shape index (κ1) is 15.8. The van der Waals surface area contributed by atoms with Gasteiger partial charge in [0.25, 0.3) is 0 Å². The predicted octanol–water partition coefficient (Wildman–Crippen LogP) is 4.34. The highest BCUT2D eigenvalue weighted by molar-refractivity contribution is 9.10. The second-order valence-corrected chi connectivity index (χ2v) is 6.97. The molecule has 2 rings (SSSR count). The van der Waals surface area contributed by atoms with Gasteiger partial charge in [-0.2, -0.15) is 0 Å². The van der Waals surface area contributed by atoms with E-state index in [2.05, 4.69) is 54.2 Å². The van der Waals surface area contributed by atoms with Crippen LogP contribution < -0.4 is 10.1 Å². The summed E-state index contributed by atoms with van der Waals surface area (Å²) in [4.78, 5) is 0. The number of ether oxygens (including phenoxy) is 1. The van der Waals surface area contributed by atoms with Crippen molar-refractivity contribution in [2.24, 2.45) is 5.92 Å². The largest absolute Gasteiger partial charge is 0.493 e. The van der Waals surface area contributed by atoms with Gasteiger partial charge < -0.3 is 10.1 Å². The molecule has 0 spiro atoms. The zero-order valence-corrected chi connectivity index (χ0v) is 14.4. The summed E-state index contributed by atoms with van der Waals surface area (Å²) >= 11 is 3.62. The van der Waals surface area contributed by atoms with E-state index in [1.54, 1.807) is 0 Å². The van der Waals surface area contributed by atoms with Gasteiger partial charge in [-0.1, -0.05) is 29.8 Å². The van der Waals surface area contributed by atoms with E-state index in [4.69, 9.17) is 4.74 Å². The van der Waals surface area contributed by atoms with Crippen molar-refractivity contribution in [1.29, 1.82) is 0 Å². The van der Waals surface area contributed by atoms with E-state index < -0.39 is 0 Å². The van der Waals surface area contributed by atoms with Crippen LogP contribution >= 0.6 is 15.9 Å². The van der Waals surface area contributed by atoms with Crippen molar-refractivity contribution in [3.8, 4) is 5.75 Å². The molecule has 2 atom stereocenters. The molecule has 0 saturated carbocycles. The van der Waals surface area contributed by atoms with Crippen LogP contribution in [-0.4, -0.2) is 19.2 Å². The van der Waals surface area contributed by atoms with E-state index >= 15 is 0 Å². The molecule has 1 heterocycles. The Balaban J connectivity index is 1.96. The second kappa shape index (κ2) is 7.46. The van der Waals surface area contributed by atoms with E-state index in [9.17, 15) is 0 Å².